The summed E-state index contributed by atoms with van der Waals surface area (Å²) in [7, 11) is 2.11. The van der Waals surface area contributed by atoms with Gasteiger partial charge < -0.3 is 4.90 Å². The molecule has 62 valence electrons. The minimum atomic E-state index is 0. The normalized spacial score (nSPS) is 10.6. The molecule has 0 fully saturated rings. The molecule has 0 aromatic heterocycles. The van der Waals surface area contributed by atoms with E-state index in [0.29, 0.717) is 0 Å². The van der Waals surface area contributed by atoms with Gasteiger partial charge in [0.2, 0.25) is 0 Å². The first-order valence-corrected chi connectivity index (χ1v) is 3.60. The number of hydrogen-bond donors (Lipinski definition) is 0. The Labute approximate surface area is 70.5 Å². The fourth-order valence-corrected chi connectivity index (χ4v) is 0.701. The summed E-state index contributed by atoms with van der Waals surface area (Å²) in [5, 5.41) is 0. The minimum absolute atomic E-state index is 0. The quantitative estimate of drug-likeness (QED) is 0.619. The molecule has 0 aromatic carbocycles. The van der Waals surface area contributed by atoms with Gasteiger partial charge in [-0.15, -0.1) is 12.4 Å². The van der Waals surface area contributed by atoms with E-state index in [2.05, 4.69) is 38.8 Å². The van der Waals surface area contributed by atoms with Crippen LogP contribution in [0.4, 0.5) is 0 Å². The van der Waals surface area contributed by atoms with Gasteiger partial charge in [0.15, 0.2) is 0 Å². The molecule has 0 radical (unpaired) electrons. The molecule has 0 rings (SSSR count). The zero-order valence-electron chi connectivity index (χ0n) is 7.35. The van der Waals surface area contributed by atoms with Crippen LogP contribution in [0.15, 0.2) is 11.8 Å². The van der Waals surface area contributed by atoms with Crippen LogP contribution < -0.4 is 0 Å². The van der Waals surface area contributed by atoms with Crippen molar-refractivity contribution in [3.8, 4) is 0 Å². The smallest absolute Gasteiger partial charge is 0.0143 e. The van der Waals surface area contributed by atoms with Gasteiger partial charge in [-0.1, -0.05) is 13.0 Å². The van der Waals surface area contributed by atoms with E-state index in [9.17, 15) is 0 Å². The monoisotopic (exact) mass is 163 g/mol. The Hall–Kier alpha value is -0.170. The average molecular weight is 164 g/mol. The van der Waals surface area contributed by atoms with Gasteiger partial charge in [-0.3, -0.25) is 0 Å². The van der Waals surface area contributed by atoms with Crippen LogP contribution in [0.2, 0.25) is 0 Å². The van der Waals surface area contributed by atoms with E-state index in [1.807, 2.05) is 0 Å². The van der Waals surface area contributed by atoms with Crippen molar-refractivity contribution in [3.63, 3.8) is 0 Å². The van der Waals surface area contributed by atoms with E-state index in [-0.39, 0.29) is 12.4 Å². The summed E-state index contributed by atoms with van der Waals surface area (Å²) >= 11 is 0. The van der Waals surface area contributed by atoms with Crippen LogP contribution in [0.3, 0.4) is 0 Å². The molecule has 0 N–H and O–H groups in total. The van der Waals surface area contributed by atoms with Crippen LogP contribution in [-0.4, -0.2) is 18.5 Å². The predicted octanol–water partition coefficient (Wildman–Crippen LogP) is 2.67. The lowest BCUT2D eigenvalue weighted by atomic mass is 10.3. The molecule has 0 aliphatic carbocycles. The van der Waals surface area contributed by atoms with Gasteiger partial charge in [-0.2, -0.15) is 0 Å². The summed E-state index contributed by atoms with van der Waals surface area (Å²) in [5.41, 5.74) is 1.38. The molecule has 0 aliphatic heterocycles. The maximum Gasteiger partial charge on any atom is 0.0143 e. The maximum absolute atomic E-state index is 2.24. The number of allylic oxidation sites excluding steroid dienone is 2. The molecule has 0 saturated carbocycles. The van der Waals surface area contributed by atoms with Crippen LogP contribution in [0.5, 0.6) is 0 Å². The van der Waals surface area contributed by atoms with Crippen LogP contribution in [0.1, 0.15) is 27.2 Å². The van der Waals surface area contributed by atoms with Crippen molar-refractivity contribution in [3.05, 3.63) is 11.8 Å². The van der Waals surface area contributed by atoms with E-state index in [1.165, 1.54) is 5.70 Å². The number of rotatable bonds is 3. The molecule has 0 bridgehead atoms. The highest BCUT2D eigenvalue weighted by atomic mass is 35.5. The van der Waals surface area contributed by atoms with E-state index in [1.54, 1.807) is 0 Å². The number of nitrogens with zero attached hydrogens (tertiary/aromatic N) is 1. The lowest BCUT2D eigenvalue weighted by Crippen LogP contribution is -2.14. The molecule has 0 heterocycles. The predicted molar refractivity (Wildman–Crippen MR) is 49.6 cm³/mol. The first-order valence-electron chi connectivity index (χ1n) is 3.60. The van der Waals surface area contributed by atoms with E-state index < -0.39 is 0 Å². The Balaban J connectivity index is 0. The summed E-state index contributed by atoms with van der Waals surface area (Å²) in [5.74, 6) is 0. The highest BCUT2D eigenvalue weighted by Gasteiger charge is 1.90. The minimum Gasteiger partial charge on any atom is -0.379 e. The van der Waals surface area contributed by atoms with Crippen LogP contribution >= 0.6 is 12.4 Å². The zero-order valence-corrected chi connectivity index (χ0v) is 8.16. The summed E-state index contributed by atoms with van der Waals surface area (Å²) in [4.78, 5) is 2.24. The fraction of sp³-hybridized carbons (Fsp3) is 0.750. The van der Waals surface area contributed by atoms with Gasteiger partial charge in [0.05, 0.1) is 0 Å². The lowest BCUT2D eigenvalue weighted by Gasteiger charge is -2.16. The second-order valence-corrected chi connectivity index (χ2v) is 2.27. The van der Waals surface area contributed by atoms with Crippen molar-refractivity contribution in [2.45, 2.75) is 27.2 Å². The first kappa shape index (κ1) is 12.5. The molecular weight excluding hydrogens is 146 g/mol. The Kier molecular flexibility index (Phi) is 8.68. The molecule has 2 heteroatoms. The molecule has 0 amide bonds. The molecule has 0 aliphatic rings. The van der Waals surface area contributed by atoms with Crippen molar-refractivity contribution < 1.29 is 0 Å². The van der Waals surface area contributed by atoms with E-state index in [0.717, 1.165) is 13.0 Å². The standard InChI is InChI=1S/C8H17N.ClH/c1-5-7-8(3)9(4)6-2;/h7H,5-6H2,1-4H3;1H. The largest absolute Gasteiger partial charge is 0.379 e. The van der Waals surface area contributed by atoms with Crippen LogP contribution in [0, 0.1) is 0 Å². The van der Waals surface area contributed by atoms with Gasteiger partial charge in [0, 0.05) is 19.3 Å². The molecule has 0 unspecified atom stereocenters. The Morgan fingerprint density at radius 2 is 1.90 bits per heavy atom. The van der Waals surface area contributed by atoms with Gasteiger partial charge in [0.25, 0.3) is 0 Å². The molecule has 1 nitrogen and oxygen atoms in total. The van der Waals surface area contributed by atoms with Crippen molar-refractivity contribution in [2.24, 2.45) is 0 Å². The second kappa shape index (κ2) is 6.94. The second-order valence-electron chi connectivity index (χ2n) is 2.27. The van der Waals surface area contributed by atoms with Crippen LogP contribution in [-0.2, 0) is 0 Å². The molecule has 0 saturated heterocycles. The Morgan fingerprint density at radius 1 is 1.40 bits per heavy atom. The molecule has 10 heavy (non-hydrogen) atoms. The summed E-state index contributed by atoms with van der Waals surface area (Å²) < 4.78 is 0. The lowest BCUT2D eigenvalue weighted by molar-refractivity contribution is 0.441. The van der Waals surface area contributed by atoms with Crippen molar-refractivity contribution >= 4 is 12.4 Å². The van der Waals surface area contributed by atoms with Crippen molar-refractivity contribution in [1.29, 1.82) is 0 Å². The third-order valence-electron chi connectivity index (χ3n) is 1.58. The van der Waals surface area contributed by atoms with Crippen LogP contribution in [0.25, 0.3) is 0 Å². The third-order valence-corrected chi connectivity index (χ3v) is 1.58. The van der Waals surface area contributed by atoms with Gasteiger partial charge >= 0.3 is 0 Å². The number of halogens is 1. The topological polar surface area (TPSA) is 3.24 Å². The summed E-state index contributed by atoms with van der Waals surface area (Å²) in [6.07, 6.45) is 3.37. The first-order chi connectivity index (χ1) is 4.22. The van der Waals surface area contributed by atoms with E-state index in [4.69, 9.17) is 0 Å². The van der Waals surface area contributed by atoms with Crippen molar-refractivity contribution in [1.82, 2.24) is 4.90 Å². The number of hydrogen-bond acceptors (Lipinski definition) is 1. The summed E-state index contributed by atoms with van der Waals surface area (Å²) in [6, 6.07) is 0. The molecular formula is C8H18ClN. The highest BCUT2D eigenvalue weighted by Crippen LogP contribution is 1.99. The zero-order chi connectivity index (χ0) is 7.28. The van der Waals surface area contributed by atoms with Gasteiger partial charge in [0.1, 0.15) is 0 Å². The average Bonchev–Trinajstić information content (AvgIpc) is 1.87. The summed E-state index contributed by atoms with van der Waals surface area (Å²) in [6.45, 7) is 7.56. The maximum atomic E-state index is 2.24. The molecule has 0 atom stereocenters. The van der Waals surface area contributed by atoms with Crippen molar-refractivity contribution in [2.75, 3.05) is 13.6 Å². The van der Waals surface area contributed by atoms with Gasteiger partial charge in [-0.05, 0) is 20.3 Å². The third kappa shape index (κ3) is 4.68. The molecule has 0 spiro atoms. The molecule has 0 aromatic rings. The Morgan fingerprint density at radius 3 is 2.20 bits per heavy atom. The van der Waals surface area contributed by atoms with E-state index >= 15 is 0 Å². The van der Waals surface area contributed by atoms with Gasteiger partial charge in [-0.25, -0.2) is 0 Å². The SMILES string of the molecule is CCC=C(C)N(C)CC.Cl. The highest BCUT2D eigenvalue weighted by molar-refractivity contribution is 5.85. The Bertz CT molecular complexity index is 99.4. The fourth-order valence-electron chi connectivity index (χ4n) is 0.701.